The van der Waals surface area contributed by atoms with Crippen LogP contribution in [0.4, 0.5) is 5.69 Å². The molecule has 0 atom stereocenters. The van der Waals surface area contributed by atoms with E-state index in [1.807, 2.05) is 6.07 Å². The number of benzene rings is 2. The van der Waals surface area contributed by atoms with Gasteiger partial charge in [-0.25, -0.2) is 0 Å². The quantitative estimate of drug-likeness (QED) is 0.920. The van der Waals surface area contributed by atoms with Crippen LogP contribution in [0.15, 0.2) is 42.5 Å². The van der Waals surface area contributed by atoms with Gasteiger partial charge in [0.1, 0.15) is 0 Å². The molecule has 0 aliphatic carbocycles. The molecule has 0 amide bonds. The highest BCUT2D eigenvalue weighted by Gasteiger charge is 2.10. The largest absolute Gasteiger partial charge is 0.490 e. The van der Waals surface area contributed by atoms with Crippen LogP contribution < -0.4 is 14.8 Å². The Morgan fingerprint density at radius 2 is 1.70 bits per heavy atom. The fourth-order valence-electron chi connectivity index (χ4n) is 2.19. The number of hydrogen-bond acceptors (Lipinski definition) is 3. The molecule has 0 saturated heterocycles. The number of hydrogen-bond donors (Lipinski definition) is 1. The van der Waals surface area contributed by atoms with Crippen molar-refractivity contribution >= 4 is 5.69 Å². The van der Waals surface area contributed by atoms with Gasteiger partial charge >= 0.3 is 0 Å². The Bertz CT molecular complexity index is 578. The first-order chi connectivity index (χ1) is 9.81. The van der Waals surface area contributed by atoms with Crippen LogP contribution in [0.1, 0.15) is 17.5 Å². The third-order valence-corrected chi connectivity index (χ3v) is 3.36. The summed E-state index contributed by atoms with van der Waals surface area (Å²) >= 11 is 0. The van der Waals surface area contributed by atoms with Crippen molar-refractivity contribution in [1.82, 2.24) is 0 Å². The molecule has 2 aromatic carbocycles. The number of anilines is 1. The molecular formula is C17H19NO2. The lowest BCUT2D eigenvalue weighted by Crippen LogP contribution is -2.00. The molecule has 0 radical (unpaired) electrons. The second kappa shape index (κ2) is 5.87. The Labute approximate surface area is 119 Å². The number of fused-ring (bicyclic) bond motifs is 1. The molecule has 3 nitrogen and oxygen atoms in total. The third kappa shape index (κ3) is 3.05. The Kier molecular flexibility index (Phi) is 3.77. The minimum Gasteiger partial charge on any atom is -0.490 e. The summed E-state index contributed by atoms with van der Waals surface area (Å²) in [6, 6.07) is 14.5. The van der Waals surface area contributed by atoms with Crippen molar-refractivity contribution in [3.05, 3.63) is 53.6 Å². The maximum Gasteiger partial charge on any atom is 0.161 e. The standard InChI is InChI=1S/C17H19NO2/c1-13-3-6-15(7-4-13)18-12-14-5-8-16-17(11-14)20-10-2-9-19-16/h3-8,11,18H,2,9-10,12H2,1H3. The average molecular weight is 269 g/mol. The van der Waals surface area contributed by atoms with Crippen LogP contribution >= 0.6 is 0 Å². The number of nitrogens with one attached hydrogen (secondary N) is 1. The molecule has 0 saturated carbocycles. The van der Waals surface area contributed by atoms with Crippen LogP contribution in [-0.4, -0.2) is 13.2 Å². The van der Waals surface area contributed by atoms with Crippen LogP contribution in [0.25, 0.3) is 0 Å². The van der Waals surface area contributed by atoms with E-state index in [0.29, 0.717) is 0 Å². The summed E-state index contributed by atoms with van der Waals surface area (Å²) in [5.41, 5.74) is 3.59. The summed E-state index contributed by atoms with van der Waals surface area (Å²) in [5, 5.41) is 3.41. The summed E-state index contributed by atoms with van der Waals surface area (Å²) in [6.45, 7) is 4.32. The zero-order valence-electron chi connectivity index (χ0n) is 11.7. The molecule has 1 N–H and O–H groups in total. The van der Waals surface area contributed by atoms with Crippen LogP contribution in [-0.2, 0) is 6.54 Å². The monoisotopic (exact) mass is 269 g/mol. The van der Waals surface area contributed by atoms with Gasteiger partial charge < -0.3 is 14.8 Å². The predicted octanol–water partition coefficient (Wildman–Crippen LogP) is 3.77. The van der Waals surface area contributed by atoms with Crippen molar-refractivity contribution in [2.24, 2.45) is 0 Å². The number of rotatable bonds is 3. The van der Waals surface area contributed by atoms with Gasteiger partial charge in [0.15, 0.2) is 11.5 Å². The molecule has 0 unspecified atom stereocenters. The molecule has 1 aliphatic heterocycles. The molecule has 0 aromatic heterocycles. The van der Waals surface area contributed by atoms with E-state index < -0.39 is 0 Å². The lowest BCUT2D eigenvalue weighted by molar-refractivity contribution is 0.297. The third-order valence-electron chi connectivity index (χ3n) is 3.36. The normalized spacial score (nSPS) is 13.7. The van der Waals surface area contributed by atoms with E-state index in [1.54, 1.807) is 0 Å². The lowest BCUT2D eigenvalue weighted by Gasteiger charge is -2.11. The average Bonchev–Trinajstić information content (AvgIpc) is 2.71. The van der Waals surface area contributed by atoms with Gasteiger partial charge in [-0.2, -0.15) is 0 Å². The Hall–Kier alpha value is -2.16. The summed E-state index contributed by atoms with van der Waals surface area (Å²) in [5.74, 6) is 1.70. The van der Waals surface area contributed by atoms with Gasteiger partial charge in [-0.05, 0) is 36.8 Å². The van der Waals surface area contributed by atoms with E-state index in [1.165, 1.54) is 11.1 Å². The summed E-state index contributed by atoms with van der Waals surface area (Å²) in [6.07, 6.45) is 0.936. The second-order valence-electron chi connectivity index (χ2n) is 5.05. The minimum absolute atomic E-state index is 0.724. The number of ether oxygens (including phenoxy) is 2. The first-order valence-electron chi connectivity index (χ1n) is 7.00. The highest BCUT2D eigenvalue weighted by molar-refractivity contribution is 5.47. The molecule has 0 bridgehead atoms. The van der Waals surface area contributed by atoms with Crippen molar-refractivity contribution < 1.29 is 9.47 Å². The lowest BCUT2D eigenvalue weighted by atomic mass is 10.2. The van der Waals surface area contributed by atoms with Crippen LogP contribution in [0.3, 0.4) is 0 Å². The Morgan fingerprint density at radius 1 is 0.950 bits per heavy atom. The molecule has 1 heterocycles. The molecular weight excluding hydrogens is 250 g/mol. The maximum atomic E-state index is 5.70. The predicted molar refractivity (Wildman–Crippen MR) is 80.6 cm³/mol. The van der Waals surface area contributed by atoms with Gasteiger partial charge in [-0.3, -0.25) is 0 Å². The van der Waals surface area contributed by atoms with Gasteiger partial charge in [0.25, 0.3) is 0 Å². The first kappa shape index (κ1) is 12.9. The molecule has 20 heavy (non-hydrogen) atoms. The van der Waals surface area contributed by atoms with Gasteiger partial charge in [0.2, 0.25) is 0 Å². The molecule has 0 spiro atoms. The van der Waals surface area contributed by atoms with Crippen LogP contribution in [0.5, 0.6) is 11.5 Å². The highest BCUT2D eigenvalue weighted by Crippen LogP contribution is 2.30. The molecule has 0 fully saturated rings. The van der Waals surface area contributed by atoms with E-state index in [2.05, 4.69) is 48.6 Å². The smallest absolute Gasteiger partial charge is 0.161 e. The Balaban J connectivity index is 1.68. The SMILES string of the molecule is Cc1ccc(NCc2ccc3c(c2)OCCCO3)cc1. The van der Waals surface area contributed by atoms with E-state index in [-0.39, 0.29) is 0 Å². The van der Waals surface area contributed by atoms with Gasteiger partial charge in [0.05, 0.1) is 13.2 Å². The minimum atomic E-state index is 0.724. The fourth-order valence-corrected chi connectivity index (χ4v) is 2.19. The van der Waals surface area contributed by atoms with Crippen molar-refractivity contribution in [2.45, 2.75) is 19.9 Å². The van der Waals surface area contributed by atoms with E-state index in [4.69, 9.17) is 9.47 Å². The van der Waals surface area contributed by atoms with Crippen molar-refractivity contribution in [2.75, 3.05) is 18.5 Å². The van der Waals surface area contributed by atoms with Crippen molar-refractivity contribution in [3.63, 3.8) is 0 Å². The van der Waals surface area contributed by atoms with Crippen molar-refractivity contribution in [3.8, 4) is 11.5 Å². The number of aryl methyl sites for hydroxylation is 1. The summed E-state index contributed by atoms with van der Waals surface area (Å²) < 4.78 is 11.3. The van der Waals surface area contributed by atoms with E-state index >= 15 is 0 Å². The second-order valence-corrected chi connectivity index (χ2v) is 5.05. The maximum absolute atomic E-state index is 5.70. The summed E-state index contributed by atoms with van der Waals surface area (Å²) in [7, 11) is 0. The molecule has 104 valence electrons. The fraction of sp³-hybridized carbons (Fsp3) is 0.294. The summed E-state index contributed by atoms with van der Waals surface area (Å²) in [4.78, 5) is 0. The Morgan fingerprint density at radius 3 is 2.50 bits per heavy atom. The highest BCUT2D eigenvalue weighted by atomic mass is 16.5. The van der Waals surface area contributed by atoms with Gasteiger partial charge in [-0.1, -0.05) is 23.8 Å². The molecule has 1 aliphatic rings. The van der Waals surface area contributed by atoms with Gasteiger partial charge in [0, 0.05) is 18.7 Å². The first-order valence-corrected chi connectivity index (χ1v) is 7.00. The molecule has 3 heteroatoms. The topological polar surface area (TPSA) is 30.5 Å². The van der Waals surface area contributed by atoms with Crippen LogP contribution in [0.2, 0.25) is 0 Å². The van der Waals surface area contributed by atoms with Gasteiger partial charge in [-0.15, -0.1) is 0 Å². The zero-order valence-corrected chi connectivity index (χ0v) is 11.7. The van der Waals surface area contributed by atoms with E-state index in [9.17, 15) is 0 Å². The molecule has 3 rings (SSSR count). The van der Waals surface area contributed by atoms with Crippen molar-refractivity contribution in [1.29, 1.82) is 0 Å². The van der Waals surface area contributed by atoms with E-state index in [0.717, 1.165) is 43.4 Å². The molecule has 2 aromatic rings. The van der Waals surface area contributed by atoms with Crippen LogP contribution in [0, 0.1) is 6.92 Å². The zero-order chi connectivity index (χ0) is 13.8.